The van der Waals surface area contributed by atoms with Gasteiger partial charge < -0.3 is 19.1 Å². The van der Waals surface area contributed by atoms with Crippen molar-refractivity contribution < 1.29 is 50.3 Å². The van der Waals surface area contributed by atoms with Crippen LogP contribution < -0.4 is 0 Å². The number of ether oxygens (including phenoxy) is 3. The van der Waals surface area contributed by atoms with E-state index in [1.54, 1.807) is 39.0 Å². The number of halogens is 2. The Morgan fingerprint density at radius 3 is 2.29 bits per heavy atom. The Labute approximate surface area is 200 Å². The lowest BCUT2D eigenvalue weighted by Crippen LogP contribution is -2.55. The summed E-state index contributed by atoms with van der Waals surface area (Å²) in [5, 5.41) is -4.78. The first-order valence-corrected chi connectivity index (χ1v) is 12.3. The van der Waals surface area contributed by atoms with E-state index in [4.69, 9.17) is 18.8 Å². The van der Waals surface area contributed by atoms with Gasteiger partial charge in [-0.05, 0) is 39.8 Å². The molecule has 0 saturated carbocycles. The van der Waals surface area contributed by atoms with Crippen LogP contribution in [0.2, 0.25) is 0 Å². The van der Waals surface area contributed by atoms with E-state index < -0.39 is 81.1 Å². The van der Waals surface area contributed by atoms with Gasteiger partial charge in [0.15, 0.2) is 12.2 Å². The Bertz CT molecular complexity index is 1150. The molecule has 3 fully saturated rings. The quantitative estimate of drug-likeness (QED) is 0.441. The first-order chi connectivity index (χ1) is 16.1. The summed E-state index contributed by atoms with van der Waals surface area (Å²) in [6, 6.07) is 7.28. The van der Waals surface area contributed by atoms with Gasteiger partial charge in [0.2, 0.25) is 5.91 Å². The van der Waals surface area contributed by atoms with Crippen LogP contribution in [0, 0.1) is 11.8 Å². The SMILES string of the molecule is CC(OC(=O)C1C2OC3C1C(=O)N(C(C)(C)C)C3C2OC(=O)c1ccccc1)C(F)(F)S(=O)(=O)O. The summed E-state index contributed by atoms with van der Waals surface area (Å²) >= 11 is 0. The number of benzene rings is 1. The van der Waals surface area contributed by atoms with Crippen LogP contribution in [-0.4, -0.2) is 77.0 Å². The molecule has 2 bridgehead atoms. The molecule has 35 heavy (non-hydrogen) atoms. The number of likely N-dealkylation sites (tertiary alicyclic amines) is 1. The van der Waals surface area contributed by atoms with Crippen LogP contribution in [0.5, 0.6) is 0 Å². The third-order valence-electron chi connectivity index (χ3n) is 6.58. The molecule has 0 radical (unpaired) electrons. The van der Waals surface area contributed by atoms with Crippen molar-refractivity contribution in [2.75, 3.05) is 0 Å². The van der Waals surface area contributed by atoms with Gasteiger partial charge in [-0.25, -0.2) is 4.79 Å². The number of hydrogen-bond acceptors (Lipinski definition) is 8. The monoisotopic (exact) mass is 517 g/mol. The molecule has 0 aliphatic carbocycles. The number of amides is 1. The highest BCUT2D eigenvalue weighted by molar-refractivity contribution is 7.86. The van der Waals surface area contributed by atoms with Crippen molar-refractivity contribution in [3.05, 3.63) is 35.9 Å². The third-order valence-corrected chi connectivity index (χ3v) is 7.60. The molecule has 192 valence electrons. The van der Waals surface area contributed by atoms with E-state index in [9.17, 15) is 31.6 Å². The number of nitrogens with zero attached hydrogens (tertiary/aromatic N) is 1. The van der Waals surface area contributed by atoms with Crippen LogP contribution in [0.3, 0.4) is 0 Å². The molecule has 10 nitrogen and oxygen atoms in total. The summed E-state index contributed by atoms with van der Waals surface area (Å²) < 4.78 is 75.1. The molecular formula is C22H25F2NO9S. The number of carbonyl (C=O) groups is 3. The standard InChI is InChI=1S/C22H25F2NO9S/c1-10(22(23,24)35(29,30)31)32-20(28)13-12-15-14(25(18(12)26)21(2,3)4)17(16(13)33-15)34-19(27)11-8-6-5-7-9-11/h5-10,12-17H,1-4H3,(H,29,30,31). The molecule has 1 amide bonds. The summed E-state index contributed by atoms with van der Waals surface area (Å²) in [5.74, 6) is -5.06. The zero-order valence-electron chi connectivity index (χ0n) is 19.3. The lowest BCUT2D eigenvalue weighted by Gasteiger charge is -2.38. The topological polar surface area (TPSA) is 137 Å². The molecule has 4 rings (SSSR count). The molecule has 13 heteroatoms. The Hall–Kier alpha value is -2.64. The molecule has 7 atom stereocenters. The zero-order valence-corrected chi connectivity index (χ0v) is 20.1. The maximum absolute atomic E-state index is 14.0. The average molecular weight is 518 g/mol. The van der Waals surface area contributed by atoms with Crippen molar-refractivity contribution in [2.45, 2.75) is 68.9 Å². The summed E-state index contributed by atoms with van der Waals surface area (Å²) in [5.41, 5.74) is -0.534. The van der Waals surface area contributed by atoms with Crippen LogP contribution >= 0.6 is 0 Å². The molecule has 0 aromatic heterocycles. The minimum Gasteiger partial charge on any atom is -0.455 e. The summed E-state index contributed by atoms with van der Waals surface area (Å²) in [6.07, 6.45) is -5.71. The van der Waals surface area contributed by atoms with Gasteiger partial charge in [0.1, 0.15) is 12.0 Å². The van der Waals surface area contributed by atoms with Crippen LogP contribution in [0.25, 0.3) is 0 Å². The molecular weight excluding hydrogens is 492 g/mol. The summed E-state index contributed by atoms with van der Waals surface area (Å²) in [4.78, 5) is 40.6. The number of fused-ring (bicyclic) bond motifs is 1. The van der Waals surface area contributed by atoms with E-state index in [1.165, 1.54) is 17.0 Å². The number of carbonyl (C=O) groups excluding carboxylic acids is 3. The highest BCUT2D eigenvalue weighted by Gasteiger charge is 2.74. The first-order valence-electron chi connectivity index (χ1n) is 10.9. The molecule has 3 aliphatic heterocycles. The predicted octanol–water partition coefficient (Wildman–Crippen LogP) is 1.65. The smallest absolute Gasteiger partial charge is 0.405 e. The Kier molecular flexibility index (Phi) is 5.97. The highest BCUT2D eigenvalue weighted by Crippen LogP contribution is 2.54. The highest BCUT2D eigenvalue weighted by atomic mass is 32.2. The molecule has 3 aliphatic rings. The lowest BCUT2D eigenvalue weighted by molar-refractivity contribution is -0.169. The second-order valence-electron chi connectivity index (χ2n) is 9.84. The first kappa shape index (κ1) is 25.5. The van der Waals surface area contributed by atoms with Crippen molar-refractivity contribution >= 4 is 28.0 Å². The van der Waals surface area contributed by atoms with E-state index in [1.807, 2.05) is 0 Å². The third kappa shape index (κ3) is 3.99. The Balaban J connectivity index is 1.65. The summed E-state index contributed by atoms with van der Waals surface area (Å²) in [7, 11) is -5.87. The fourth-order valence-corrected chi connectivity index (χ4v) is 5.57. The number of hydrogen-bond donors (Lipinski definition) is 1. The van der Waals surface area contributed by atoms with Gasteiger partial charge in [-0.15, -0.1) is 0 Å². The lowest BCUT2D eigenvalue weighted by atomic mass is 9.78. The fraction of sp³-hybridized carbons (Fsp3) is 0.591. The van der Waals surface area contributed by atoms with Crippen molar-refractivity contribution in [2.24, 2.45) is 11.8 Å². The molecule has 1 aromatic rings. The largest absolute Gasteiger partial charge is 0.455 e. The average Bonchev–Trinajstić information content (AvgIpc) is 3.35. The maximum atomic E-state index is 14.0. The zero-order chi connectivity index (χ0) is 26.1. The van der Waals surface area contributed by atoms with E-state index in [0.29, 0.717) is 6.92 Å². The van der Waals surface area contributed by atoms with E-state index in [-0.39, 0.29) is 5.56 Å². The number of rotatable bonds is 6. The Morgan fingerprint density at radius 1 is 1.14 bits per heavy atom. The molecule has 3 saturated heterocycles. The van der Waals surface area contributed by atoms with Crippen molar-refractivity contribution in [1.82, 2.24) is 4.90 Å². The van der Waals surface area contributed by atoms with Gasteiger partial charge in [0.05, 0.1) is 23.6 Å². The fourth-order valence-electron chi connectivity index (χ4n) is 5.10. The van der Waals surface area contributed by atoms with Crippen molar-refractivity contribution in [3.8, 4) is 0 Å². The van der Waals surface area contributed by atoms with Crippen LogP contribution in [0.1, 0.15) is 38.1 Å². The van der Waals surface area contributed by atoms with Crippen LogP contribution in [-0.2, 0) is 33.9 Å². The van der Waals surface area contributed by atoms with Gasteiger partial charge in [-0.3, -0.25) is 14.1 Å². The molecule has 7 unspecified atom stereocenters. The number of esters is 2. The van der Waals surface area contributed by atoms with Gasteiger partial charge in [0, 0.05) is 5.54 Å². The normalized spacial score (nSPS) is 30.9. The second-order valence-corrected chi connectivity index (χ2v) is 11.3. The number of alkyl halides is 2. The van der Waals surface area contributed by atoms with Gasteiger partial charge in [0.25, 0.3) is 0 Å². The van der Waals surface area contributed by atoms with Crippen LogP contribution in [0.15, 0.2) is 30.3 Å². The maximum Gasteiger partial charge on any atom is 0.405 e. The van der Waals surface area contributed by atoms with E-state index in [2.05, 4.69) is 0 Å². The minimum atomic E-state index is -5.87. The molecule has 1 N–H and O–H groups in total. The molecule has 1 aromatic carbocycles. The Morgan fingerprint density at radius 2 is 1.74 bits per heavy atom. The van der Waals surface area contributed by atoms with E-state index in [0.717, 1.165) is 0 Å². The minimum absolute atomic E-state index is 0.221. The summed E-state index contributed by atoms with van der Waals surface area (Å²) in [6.45, 7) is 5.86. The van der Waals surface area contributed by atoms with Gasteiger partial charge in [-0.2, -0.15) is 17.2 Å². The van der Waals surface area contributed by atoms with Crippen molar-refractivity contribution in [3.63, 3.8) is 0 Å². The van der Waals surface area contributed by atoms with E-state index >= 15 is 0 Å². The van der Waals surface area contributed by atoms with Crippen molar-refractivity contribution in [1.29, 1.82) is 0 Å². The van der Waals surface area contributed by atoms with Gasteiger partial charge in [-0.1, -0.05) is 18.2 Å². The van der Waals surface area contributed by atoms with Gasteiger partial charge >= 0.3 is 27.3 Å². The predicted molar refractivity (Wildman–Crippen MR) is 114 cm³/mol. The molecule has 3 heterocycles. The van der Waals surface area contributed by atoms with Crippen LogP contribution in [0.4, 0.5) is 8.78 Å². The molecule has 0 spiro atoms. The second kappa shape index (κ2) is 8.20.